The Morgan fingerprint density at radius 3 is 2.62 bits per heavy atom. The standard InChI is InChI=1S/C17H20N2O2/c1-12-8-14(17(18)19)6-7-15(12)11-21-16-5-3-4-13(9-16)10-20-2/h3-9H,10-11H2,1-2H3,(H3,18,19). The minimum Gasteiger partial charge on any atom is -0.489 e. The smallest absolute Gasteiger partial charge is 0.122 e. The van der Waals surface area contributed by atoms with Gasteiger partial charge in [-0.05, 0) is 41.8 Å². The Hall–Kier alpha value is -2.33. The Morgan fingerprint density at radius 1 is 1.14 bits per heavy atom. The van der Waals surface area contributed by atoms with Gasteiger partial charge in [0.1, 0.15) is 18.2 Å². The lowest BCUT2D eigenvalue weighted by molar-refractivity contribution is 0.184. The van der Waals surface area contributed by atoms with Crippen LogP contribution in [0.15, 0.2) is 42.5 Å². The van der Waals surface area contributed by atoms with Gasteiger partial charge in [0.05, 0.1) is 6.61 Å². The van der Waals surface area contributed by atoms with E-state index in [-0.39, 0.29) is 5.84 Å². The maximum atomic E-state index is 7.44. The summed E-state index contributed by atoms with van der Waals surface area (Å²) in [5.41, 5.74) is 9.45. The molecule has 0 aliphatic rings. The molecule has 0 spiro atoms. The number of hydrogen-bond donors (Lipinski definition) is 2. The number of rotatable bonds is 6. The highest BCUT2D eigenvalue weighted by Gasteiger charge is 2.04. The second-order valence-corrected chi connectivity index (χ2v) is 4.92. The maximum absolute atomic E-state index is 7.44. The van der Waals surface area contributed by atoms with Gasteiger partial charge >= 0.3 is 0 Å². The fourth-order valence-electron chi connectivity index (χ4n) is 2.08. The highest BCUT2D eigenvalue weighted by atomic mass is 16.5. The van der Waals surface area contributed by atoms with Crippen LogP contribution in [-0.4, -0.2) is 12.9 Å². The second-order valence-electron chi connectivity index (χ2n) is 4.92. The fourth-order valence-corrected chi connectivity index (χ4v) is 2.08. The molecule has 2 aromatic carbocycles. The molecule has 0 heterocycles. The molecule has 0 unspecified atom stereocenters. The van der Waals surface area contributed by atoms with Gasteiger partial charge in [-0.3, -0.25) is 5.41 Å². The van der Waals surface area contributed by atoms with E-state index in [0.717, 1.165) is 28.0 Å². The molecular weight excluding hydrogens is 264 g/mol. The first-order valence-electron chi connectivity index (χ1n) is 6.74. The number of hydrogen-bond acceptors (Lipinski definition) is 3. The van der Waals surface area contributed by atoms with Gasteiger partial charge in [-0.2, -0.15) is 0 Å². The minimum absolute atomic E-state index is 0.0813. The summed E-state index contributed by atoms with van der Waals surface area (Å²) in [6.07, 6.45) is 0. The molecule has 0 bridgehead atoms. The third-order valence-corrected chi connectivity index (χ3v) is 3.26. The van der Waals surface area contributed by atoms with Gasteiger partial charge in [-0.1, -0.05) is 24.3 Å². The van der Waals surface area contributed by atoms with E-state index in [4.69, 9.17) is 20.6 Å². The fraction of sp³-hybridized carbons (Fsp3) is 0.235. The van der Waals surface area contributed by atoms with Crippen LogP contribution < -0.4 is 10.5 Å². The summed E-state index contributed by atoms with van der Waals surface area (Å²) in [6, 6.07) is 13.6. The van der Waals surface area contributed by atoms with Crippen molar-refractivity contribution in [3.05, 3.63) is 64.7 Å². The number of aryl methyl sites for hydroxylation is 1. The zero-order valence-electron chi connectivity index (χ0n) is 12.3. The summed E-state index contributed by atoms with van der Waals surface area (Å²) in [4.78, 5) is 0. The number of amidine groups is 1. The summed E-state index contributed by atoms with van der Waals surface area (Å²) >= 11 is 0. The van der Waals surface area contributed by atoms with Crippen LogP contribution in [0.1, 0.15) is 22.3 Å². The molecule has 0 saturated heterocycles. The third kappa shape index (κ3) is 4.07. The van der Waals surface area contributed by atoms with E-state index < -0.39 is 0 Å². The summed E-state index contributed by atoms with van der Waals surface area (Å²) < 4.78 is 10.9. The van der Waals surface area contributed by atoms with E-state index >= 15 is 0 Å². The second kappa shape index (κ2) is 6.90. The highest BCUT2D eigenvalue weighted by molar-refractivity contribution is 5.95. The molecular formula is C17H20N2O2. The first-order chi connectivity index (χ1) is 10.1. The van der Waals surface area contributed by atoms with Crippen molar-refractivity contribution in [2.75, 3.05) is 7.11 Å². The number of benzene rings is 2. The molecule has 4 heteroatoms. The molecule has 3 N–H and O–H groups in total. The molecule has 0 atom stereocenters. The van der Waals surface area contributed by atoms with Gasteiger partial charge in [0.25, 0.3) is 0 Å². The van der Waals surface area contributed by atoms with E-state index in [1.807, 2.05) is 49.4 Å². The largest absolute Gasteiger partial charge is 0.489 e. The zero-order chi connectivity index (χ0) is 15.2. The van der Waals surface area contributed by atoms with Crippen LogP contribution >= 0.6 is 0 Å². The first-order valence-corrected chi connectivity index (χ1v) is 6.74. The third-order valence-electron chi connectivity index (χ3n) is 3.26. The lowest BCUT2D eigenvalue weighted by Gasteiger charge is -2.11. The van der Waals surface area contributed by atoms with Crippen molar-refractivity contribution in [2.45, 2.75) is 20.1 Å². The summed E-state index contributed by atoms with van der Waals surface area (Å²) in [5.74, 6) is 0.900. The quantitative estimate of drug-likeness (QED) is 0.633. The maximum Gasteiger partial charge on any atom is 0.122 e. The molecule has 0 fully saturated rings. The number of ether oxygens (including phenoxy) is 2. The molecule has 0 aromatic heterocycles. The van der Waals surface area contributed by atoms with Crippen LogP contribution in [0.4, 0.5) is 0 Å². The lowest BCUT2D eigenvalue weighted by atomic mass is 10.1. The highest BCUT2D eigenvalue weighted by Crippen LogP contribution is 2.18. The molecule has 21 heavy (non-hydrogen) atoms. The zero-order valence-corrected chi connectivity index (χ0v) is 12.3. The van der Waals surface area contributed by atoms with Gasteiger partial charge in [0.15, 0.2) is 0 Å². The van der Waals surface area contributed by atoms with E-state index in [0.29, 0.717) is 13.2 Å². The van der Waals surface area contributed by atoms with Gasteiger partial charge in [-0.25, -0.2) is 0 Å². The van der Waals surface area contributed by atoms with Crippen molar-refractivity contribution in [1.82, 2.24) is 0 Å². The van der Waals surface area contributed by atoms with Crippen molar-refractivity contribution >= 4 is 5.84 Å². The predicted molar refractivity (Wildman–Crippen MR) is 83.7 cm³/mol. The Bertz CT molecular complexity index is 638. The number of nitrogens with one attached hydrogen (secondary N) is 1. The number of methoxy groups -OCH3 is 1. The lowest BCUT2D eigenvalue weighted by Crippen LogP contribution is -2.11. The predicted octanol–water partition coefficient (Wildman–Crippen LogP) is 3.00. The van der Waals surface area contributed by atoms with Crippen LogP contribution in [0.25, 0.3) is 0 Å². The van der Waals surface area contributed by atoms with Crippen LogP contribution in [0.2, 0.25) is 0 Å². The van der Waals surface area contributed by atoms with Crippen LogP contribution in [-0.2, 0) is 18.0 Å². The Kier molecular flexibility index (Phi) is 4.95. The first kappa shape index (κ1) is 15.1. The summed E-state index contributed by atoms with van der Waals surface area (Å²) in [5, 5.41) is 7.44. The molecule has 4 nitrogen and oxygen atoms in total. The van der Waals surface area contributed by atoms with Gasteiger partial charge in [0, 0.05) is 12.7 Å². The molecule has 0 aliphatic heterocycles. The minimum atomic E-state index is 0.0813. The van der Waals surface area contributed by atoms with Gasteiger partial charge in [0.2, 0.25) is 0 Å². The van der Waals surface area contributed by atoms with Crippen molar-refractivity contribution in [3.63, 3.8) is 0 Å². The SMILES string of the molecule is COCc1cccc(OCc2ccc(C(=N)N)cc2C)c1. The molecule has 2 rings (SSSR count). The molecule has 0 radical (unpaired) electrons. The number of nitrogens with two attached hydrogens (primary N) is 1. The van der Waals surface area contributed by atoms with E-state index in [2.05, 4.69) is 0 Å². The summed E-state index contributed by atoms with van der Waals surface area (Å²) in [6.45, 7) is 3.05. The van der Waals surface area contributed by atoms with E-state index in [1.165, 1.54) is 0 Å². The normalized spacial score (nSPS) is 10.4. The van der Waals surface area contributed by atoms with Gasteiger partial charge in [-0.15, -0.1) is 0 Å². The average Bonchev–Trinajstić information content (AvgIpc) is 2.46. The van der Waals surface area contributed by atoms with Crippen LogP contribution in [0.3, 0.4) is 0 Å². The van der Waals surface area contributed by atoms with Crippen LogP contribution in [0, 0.1) is 12.3 Å². The van der Waals surface area contributed by atoms with E-state index in [1.54, 1.807) is 7.11 Å². The van der Waals surface area contributed by atoms with Crippen molar-refractivity contribution in [2.24, 2.45) is 5.73 Å². The van der Waals surface area contributed by atoms with Crippen molar-refractivity contribution < 1.29 is 9.47 Å². The summed E-state index contributed by atoms with van der Waals surface area (Å²) in [7, 11) is 1.67. The monoisotopic (exact) mass is 284 g/mol. The number of nitrogen functional groups attached to an aromatic ring is 1. The molecule has 110 valence electrons. The topological polar surface area (TPSA) is 68.3 Å². The van der Waals surface area contributed by atoms with Crippen molar-refractivity contribution in [1.29, 1.82) is 5.41 Å². The van der Waals surface area contributed by atoms with Crippen molar-refractivity contribution in [3.8, 4) is 5.75 Å². The molecule has 0 saturated carbocycles. The van der Waals surface area contributed by atoms with Crippen LogP contribution in [0.5, 0.6) is 5.75 Å². The Balaban J connectivity index is 2.06. The Labute approximate surface area is 125 Å². The molecule has 2 aromatic rings. The van der Waals surface area contributed by atoms with Gasteiger partial charge < -0.3 is 15.2 Å². The molecule has 0 amide bonds. The Morgan fingerprint density at radius 2 is 1.95 bits per heavy atom. The van der Waals surface area contributed by atoms with E-state index in [9.17, 15) is 0 Å². The average molecular weight is 284 g/mol. The molecule has 0 aliphatic carbocycles.